The maximum absolute atomic E-state index is 12.1. The number of allylic oxidation sites excluding steroid dienone is 1. The SMILES string of the molecule is CC=Cc1ccc(OCC(=O)OCC(=O)c2ccc(OCC)cc2)c(OC)c1. The first kappa shape index (κ1) is 21.0. The minimum atomic E-state index is -0.640. The minimum absolute atomic E-state index is 0.301. The number of hydrogen-bond donors (Lipinski definition) is 0. The van der Waals surface area contributed by atoms with Crippen LogP contribution in [0.3, 0.4) is 0 Å². The van der Waals surface area contributed by atoms with Crippen LogP contribution in [0.2, 0.25) is 0 Å². The zero-order valence-corrected chi connectivity index (χ0v) is 16.3. The molecule has 0 spiro atoms. The third-order valence-electron chi connectivity index (χ3n) is 3.74. The fraction of sp³-hybridized carbons (Fsp3) is 0.273. The normalized spacial score (nSPS) is 10.5. The van der Waals surface area contributed by atoms with Gasteiger partial charge in [-0.3, -0.25) is 4.79 Å². The van der Waals surface area contributed by atoms with E-state index in [4.69, 9.17) is 18.9 Å². The van der Waals surface area contributed by atoms with E-state index >= 15 is 0 Å². The molecular weight excluding hydrogens is 360 g/mol. The molecule has 28 heavy (non-hydrogen) atoms. The van der Waals surface area contributed by atoms with E-state index in [1.54, 1.807) is 36.4 Å². The van der Waals surface area contributed by atoms with Crippen molar-refractivity contribution >= 4 is 17.8 Å². The van der Waals surface area contributed by atoms with E-state index in [0.29, 0.717) is 29.4 Å². The fourth-order valence-electron chi connectivity index (χ4n) is 2.41. The molecule has 0 amide bonds. The van der Waals surface area contributed by atoms with Crippen molar-refractivity contribution < 1.29 is 28.5 Å². The van der Waals surface area contributed by atoms with Gasteiger partial charge in [0.05, 0.1) is 13.7 Å². The molecule has 2 aromatic carbocycles. The Hall–Kier alpha value is -3.28. The van der Waals surface area contributed by atoms with Crippen LogP contribution in [0.1, 0.15) is 29.8 Å². The van der Waals surface area contributed by atoms with Crippen LogP contribution in [0.15, 0.2) is 48.5 Å². The molecule has 0 N–H and O–H groups in total. The average molecular weight is 384 g/mol. The van der Waals surface area contributed by atoms with Crippen LogP contribution in [0.25, 0.3) is 6.08 Å². The van der Waals surface area contributed by atoms with Crippen molar-refractivity contribution in [1.29, 1.82) is 0 Å². The second-order valence-corrected chi connectivity index (χ2v) is 5.74. The van der Waals surface area contributed by atoms with E-state index in [1.807, 2.05) is 32.1 Å². The molecule has 0 bridgehead atoms. The van der Waals surface area contributed by atoms with E-state index in [9.17, 15) is 9.59 Å². The lowest BCUT2D eigenvalue weighted by atomic mass is 10.1. The van der Waals surface area contributed by atoms with Crippen LogP contribution in [0, 0.1) is 0 Å². The monoisotopic (exact) mass is 384 g/mol. The molecule has 0 aliphatic rings. The molecule has 0 atom stereocenters. The number of hydrogen-bond acceptors (Lipinski definition) is 6. The summed E-state index contributed by atoms with van der Waals surface area (Å²) >= 11 is 0. The first-order valence-electron chi connectivity index (χ1n) is 8.92. The molecule has 0 heterocycles. The van der Waals surface area contributed by atoms with Crippen molar-refractivity contribution in [1.82, 2.24) is 0 Å². The van der Waals surface area contributed by atoms with Crippen molar-refractivity contribution in [3.8, 4) is 17.2 Å². The summed E-state index contributed by atoms with van der Waals surface area (Å²) < 4.78 is 21.0. The molecular formula is C22H24O6. The molecule has 0 aromatic heterocycles. The molecule has 6 nitrogen and oxygen atoms in total. The van der Waals surface area contributed by atoms with Gasteiger partial charge in [-0.25, -0.2) is 4.79 Å². The van der Waals surface area contributed by atoms with Crippen molar-refractivity contribution in [3.05, 3.63) is 59.7 Å². The van der Waals surface area contributed by atoms with Crippen molar-refractivity contribution in [2.45, 2.75) is 13.8 Å². The van der Waals surface area contributed by atoms with Gasteiger partial charge < -0.3 is 18.9 Å². The predicted octanol–water partition coefficient (Wildman–Crippen LogP) is 3.93. The van der Waals surface area contributed by atoms with E-state index in [1.165, 1.54) is 7.11 Å². The van der Waals surface area contributed by atoms with Gasteiger partial charge in [-0.1, -0.05) is 18.2 Å². The Labute approximate surface area is 164 Å². The maximum atomic E-state index is 12.1. The molecule has 0 radical (unpaired) electrons. The Morgan fingerprint density at radius 3 is 2.36 bits per heavy atom. The second kappa shape index (κ2) is 10.8. The summed E-state index contributed by atoms with van der Waals surface area (Å²) in [7, 11) is 1.52. The summed E-state index contributed by atoms with van der Waals surface area (Å²) in [5.74, 6) is 0.668. The Morgan fingerprint density at radius 1 is 0.964 bits per heavy atom. The van der Waals surface area contributed by atoms with Crippen LogP contribution in [-0.2, 0) is 9.53 Å². The summed E-state index contributed by atoms with van der Waals surface area (Å²) in [4.78, 5) is 24.0. The standard InChI is InChI=1S/C22H24O6/c1-4-6-16-7-12-20(21(13-16)25-3)27-15-22(24)28-14-19(23)17-8-10-18(11-9-17)26-5-2/h4,6-13H,5,14-15H2,1-3H3. The number of methoxy groups -OCH3 is 1. The van der Waals surface area contributed by atoms with Crippen LogP contribution >= 0.6 is 0 Å². The Balaban J connectivity index is 1.84. The molecule has 2 aromatic rings. The first-order valence-corrected chi connectivity index (χ1v) is 8.92. The van der Waals surface area contributed by atoms with Gasteiger partial charge in [0.15, 0.2) is 30.5 Å². The molecule has 0 saturated heterocycles. The number of benzene rings is 2. The Bertz CT molecular complexity index is 823. The number of carbonyl (C=O) groups excluding carboxylic acids is 2. The molecule has 0 unspecified atom stereocenters. The summed E-state index contributed by atoms with van der Waals surface area (Å²) in [6.07, 6.45) is 3.83. The van der Waals surface area contributed by atoms with E-state index in [-0.39, 0.29) is 19.0 Å². The fourth-order valence-corrected chi connectivity index (χ4v) is 2.41. The van der Waals surface area contributed by atoms with Gasteiger partial charge in [0, 0.05) is 5.56 Å². The van der Waals surface area contributed by atoms with Crippen molar-refractivity contribution in [2.75, 3.05) is 26.9 Å². The number of ketones is 1. The number of esters is 1. The van der Waals surface area contributed by atoms with Gasteiger partial charge in [0.25, 0.3) is 0 Å². The highest BCUT2D eigenvalue weighted by Crippen LogP contribution is 2.28. The van der Waals surface area contributed by atoms with Gasteiger partial charge >= 0.3 is 5.97 Å². The van der Waals surface area contributed by atoms with E-state index < -0.39 is 5.97 Å². The summed E-state index contributed by atoms with van der Waals surface area (Å²) in [6, 6.07) is 12.0. The molecule has 0 aliphatic heterocycles. The average Bonchev–Trinajstić information content (AvgIpc) is 2.72. The topological polar surface area (TPSA) is 71.1 Å². The van der Waals surface area contributed by atoms with Crippen molar-refractivity contribution in [2.24, 2.45) is 0 Å². The molecule has 148 valence electrons. The first-order chi connectivity index (χ1) is 13.6. The van der Waals surface area contributed by atoms with Crippen LogP contribution in [0.4, 0.5) is 0 Å². The lowest BCUT2D eigenvalue weighted by Gasteiger charge is -2.11. The lowest BCUT2D eigenvalue weighted by molar-refractivity contribution is -0.144. The van der Waals surface area contributed by atoms with Crippen molar-refractivity contribution in [3.63, 3.8) is 0 Å². The van der Waals surface area contributed by atoms with Gasteiger partial charge in [-0.05, 0) is 55.8 Å². The Kier molecular flexibility index (Phi) is 8.09. The van der Waals surface area contributed by atoms with Crippen LogP contribution in [-0.4, -0.2) is 38.7 Å². The van der Waals surface area contributed by atoms with Gasteiger partial charge in [0.2, 0.25) is 0 Å². The smallest absolute Gasteiger partial charge is 0.344 e. The molecule has 0 aliphatic carbocycles. The summed E-state index contributed by atoms with van der Waals surface area (Å²) in [5.41, 5.74) is 1.40. The quantitative estimate of drug-likeness (QED) is 0.457. The second-order valence-electron chi connectivity index (χ2n) is 5.74. The third-order valence-corrected chi connectivity index (χ3v) is 3.74. The molecule has 6 heteroatoms. The van der Waals surface area contributed by atoms with Crippen LogP contribution < -0.4 is 14.2 Å². The number of rotatable bonds is 10. The van der Waals surface area contributed by atoms with Gasteiger partial charge in [-0.2, -0.15) is 0 Å². The number of ether oxygens (including phenoxy) is 4. The predicted molar refractivity (Wildman–Crippen MR) is 106 cm³/mol. The Morgan fingerprint density at radius 2 is 1.71 bits per heavy atom. The van der Waals surface area contributed by atoms with Gasteiger partial charge in [-0.15, -0.1) is 0 Å². The highest BCUT2D eigenvalue weighted by molar-refractivity contribution is 5.98. The maximum Gasteiger partial charge on any atom is 0.344 e. The number of carbonyl (C=O) groups is 2. The molecule has 2 rings (SSSR count). The summed E-state index contributed by atoms with van der Waals surface area (Å²) in [5, 5.41) is 0. The highest BCUT2D eigenvalue weighted by atomic mass is 16.6. The van der Waals surface area contributed by atoms with Crippen LogP contribution in [0.5, 0.6) is 17.2 Å². The minimum Gasteiger partial charge on any atom is -0.494 e. The zero-order chi connectivity index (χ0) is 20.4. The molecule has 0 fully saturated rings. The third kappa shape index (κ3) is 6.16. The van der Waals surface area contributed by atoms with E-state index in [2.05, 4.69) is 0 Å². The van der Waals surface area contributed by atoms with E-state index in [0.717, 1.165) is 5.56 Å². The largest absolute Gasteiger partial charge is 0.494 e. The molecule has 0 saturated carbocycles. The lowest BCUT2D eigenvalue weighted by Crippen LogP contribution is -2.19. The zero-order valence-electron chi connectivity index (χ0n) is 16.3. The summed E-state index contributed by atoms with van der Waals surface area (Å²) in [6.45, 7) is 3.67. The van der Waals surface area contributed by atoms with Gasteiger partial charge in [0.1, 0.15) is 5.75 Å². The highest BCUT2D eigenvalue weighted by Gasteiger charge is 2.12. The number of Topliss-reactive ketones (excluding diaryl/α,β-unsaturated/α-hetero) is 1.